The molecule has 0 N–H and O–H groups in total. The number of ether oxygens (including phenoxy) is 1. The van der Waals surface area contributed by atoms with Crippen LogP contribution >= 0.6 is 0 Å². The van der Waals surface area contributed by atoms with Crippen molar-refractivity contribution in [2.75, 3.05) is 6.61 Å². The molecule has 2 amide bonds. The molecule has 1 atom stereocenters. The number of hydrogen-bond donors (Lipinski definition) is 0. The summed E-state index contributed by atoms with van der Waals surface area (Å²) in [6.07, 6.45) is -6.92. The summed E-state index contributed by atoms with van der Waals surface area (Å²) in [5.41, 5.74) is 0.884. The average molecular weight is 301 g/mol. The predicted octanol–water partition coefficient (Wildman–Crippen LogP) is 2.92. The van der Waals surface area contributed by atoms with Crippen molar-refractivity contribution < 1.29 is 27.5 Å². The van der Waals surface area contributed by atoms with Crippen LogP contribution in [0, 0.1) is 0 Å². The number of rotatable bonds is 4. The van der Waals surface area contributed by atoms with Crippen molar-refractivity contribution in [1.29, 1.82) is 0 Å². The van der Waals surface area contributed by atoms with Gasteiger partial charge in [-0.3, -0.25) is 4.79 Å². The lowest BCUT2D eigenvalue weighted by atomic mass is 10.1. The van der Waals surface area contributed by atoms with Gasteiger partial charge in [0, 0.05) is 6.42 Å². The van der Waals surface area contributed by atoms with Gasteiger partial charge in [0.25, 0.3) is 0 Å². The highest BCUT2D eigenvalue weighted by molar-refractivity contribution is 5.93. The lowest BCUT2D eigenvalue weighted by Gasteiger charge is -2.20. The number of carbonyl (C=O) groups excluding carboxylic acids is 2. The molecule has 0 aliphatic carbocycles. The van der Waals surface area contributed by atoms with Gasteiger partial charge in [0.2, 0.25) is 5.91 Å². The Labute approximate surface area is 119 Å². The molecule has 1 aliphatic heterocycles. The lowest BCUT2D eigenvalue weighted by molar-refractivity contribution is -0.148. The molecule has 1 aliphatic rings. The summed E-state index contributed by atoms with van der Waals surface area (Å²) in [4.78, 5) is 24.2. The van der Waals surface area contributed by atoms with Gasteiger partial charge < -0.3 is 4.74 Å². The van der Waals surface area contributed by atoms with Crippen LogP contribution in [0.3, 0.4) is 0 Å². The number of alkyl halides is 3. The molecule has 1 fully saturated rings. The number of halogens is 3. The van der Waals surface area contributed by atoms with E-state index in [2.05, 4.69) is 0 Å². The topological polar surface area (TPSA) is 46.6 Å². The number of benzene rings is 1. The van der Waals surface area contributed by atoms with Crippen LogP contribution in [0.4, 0.5) is 18.0 Å². The van der Waals surface area contributed by atoms with Crippen LogP contribution in [0.15, 0.2) is 30.3 Å². The Hall–Kier alpha value is -2.05. The zero-order valence-electron chi connectivity index (χ0n) is 11.1. The largest absolute Gasteiger partial charge is 0.447 e. The molecule has 0 radical (unpaired) electrons. The van der Waals surface area contributed by atoms with Gasteiger partial charge in [0.1, 0.15) is 6.61 Å². The third-order valence-electron chi connectivity index (χ3n) is 3.17. The van der Waals surface area contributed by atoms with Crippen LogP contribution in [0.5, 0.6) is 0 Å². The minimum Gasteiger partial charge on any atom is -0.447 e. The first kappa shape index (κ1) is 15.3. The molecule has 114 valence electrons. The van der Waals surface area contributed by atoms with E-state index in [-0.39, 0.29) is 6.61 Å². The van der Waals surface area contributed by atoms with Gasteiger partial charge >= 0.3 is 12.3 Å². The molecule has 21 heavy (non-hydrogen) atoms. The Morgan fingerprint density at radius 3 is 2.57 bits per heavy atom. The molecule has 0 bridgehead atoms. The van der Waals surface area contributed by atoms with E-state index >= 15 is 0 Å². The average Bonchev–Trinajstić information content (AvgIpc) is 2.77. The number of cyclic esters (lactones) is 1. The summed E-state index contributed by atoms with van der Waals surface area (Å²) >= 11 is 0. The van der Waals surface area contributed by atoms with E-state index in [4.69, 9.17) is 4.74 Å². The Morgan fingerprint density at radius 1 is 1.29 bits per heavy atom. The second-order valence-electron chi connectivity index (χ2n) is 4.80. The fourth-order valence-corrected chi connectivity index (χ4v) is 2.17. The Kier molecular flexibility index (Phi) is 4.50. The van der Waals surface area contributed by atoms with Crippen molar-refractivity contribution in [2.24, 2.45) is 0 Å². The van der Waals surface area contributed by atoms with Crippen molar-refractivity contribution in [3.05, 3.63) is 35.9 Å². The fraction of sp³-hybridized carbons (Fsp3) is 0.429. The van der Waals surface area contributed by atoms with Crippen molar-refractivity contribution >= 4 is 12.0 Å². The van der Waals surface area contributed by atoms with Crippen molar-refractivity contribution in [3.63, 3.8) is 0 Å². The maximum Gasteiger partial charge on any atom is 0.416 e. The molecule has 1 unspecified atom stereocenters. The molecule has 2 rings (SSSR count). The van der Waals surface area contributed by atoms with Gasteiger partial charge in [-0.15, -0.1) is 0 Å². The zero-order valence-corrected chi connectivity index (χ0v) is 11.1. The first-order valence-corrected chi connectivity index (χ1v) is 6.46. The highest BCUT2D eigenvalue weighted by Crippen LogP contribution is 2.24. The summed E-state index contributed by atoms with van der Waals surface area (Å²) in [5, 5.41) is 0. The molecule has 7 heteroatoms. The molecule has 0 spiro atoms. The maximum absolute atomic E-state index is 12.2. The van der Waals surface area contributed by atoms with E-state index in [0.29, 0.717) is 6.42 Å². The van der Waals surface area contributed by atoms with Crippen LogP contribution in [0.1, 0.15) is 18.4 Å². The lowest BCUT2D eigenvalue weighted by Crippen LogP contribution is -2.40. The number of amides is 2. The van der Waals surface area contributed by atoms with Gasteiger partial charge in [0.15, 0.2) is 0 Å². The molecule has 1 heterocycles. The van der Waals surface area contributed by atoms with Crippen LogP contribution in [0.25, 0.3) is 0 Å². The quantitative estimate of drug-likeness (QED) is 0.859. The fourth-order valence-electron chi connectivity index (χ4n) is 2.17. The molecule has 0 saturated carbocycles. The van der Waals surface area contributed by atoms with E-state index in [0.717, 1.165) is 10.5 Å². The van der Waals surface area contributed by atoms with Gasteiger partial charge in [-0.2, -0.15) is 13.2 Å². The van der Waals surface area contributed by atoms with Crippen LogP contribution < -0.4 is 0 Å². The minimum atomic E-state index is -4.42. The van der Waals surface area contributed by atoms with Crippen molar-refractivity contribution in [1.82, 2.24) is 4.90 Å². The van der Waals surface area contributed by atoms with E-state index < -0.39 is 37.1 Å². The highest BCUT2D eigenvalue weighted by Gasteiger charge is 2.39. The molecule has 4 nitrogen and oxygen atoms in total. The summed E-state index contributed by atoms with van der Waals surface area (Å²) in [6.45, 7) is 0.00544. The number of carbonyl (C=O) groups is 2. The SMILES string of the molecule is O=C(CCC(F)(F)F)N1C(=O)OCC1Cc1ccccc1. The Bertz CT molecular complexity index is 516. The number of imide groups is 1. The number of hydrogen-bond acceptors (Lipinski definition) is 3. The second kappa shape index (κ2) is 6.15. The third kappa shape index (κ3) is 4.21. The molecular formula is C14H14F3NO3. The van der Waals surface area contributed by atoms with E-state index in [9.17, 15) is 22.8 Å². The first-order chi connectivity index (χ1) is 9.87. The summed E-state index contributed by atoms with van der Waals surface area (Å²) < 4.78 is 41.3. The molecular weight excluding hydrogens is 287 g/mol. The van der Waals surface area contributed by atoms with E-state index in [1.165, 1.54) is 0 Å². The zero-order chi connectivity index (χ0) is 15.5. The van der Waals surface area contributed by atoms with Crippen LogP contribution in [0.2, 0.25) is 0 Å². The van der Waals surface area contributed by atoms with Crippen LogP contribution in [-0.2, 0) is 16.0 Å². The van der Waals surface area contributed by atoms with E-state index in [1.807, 2.05) is 30.3 Å². The normalized spacial score (nSPS) is 18.7. The minimum absolute atomic E-state index is 0.00544. The standard InChI is InChI=1S/C14H14F3NO3/c15-14(16,17)7-6-12(19)18-11(9-21-13(18)20)8-10-4-2-1-3-5-10/h1-5,11H,6-9H2. The summed E-state index contributed by atoms with van der Waals surface area (Å²) in [6, 6.07) is 8.53. The first-order valence-electron chi connectivity index (χ1n) is 6.46. The predicted molar refractivity (Wildman–Crippen MR) is 67.4 cm³/mol. The summed E-state index contributed by atoms with van der Waals surface area (Å²) in [7, 11) is 0. The van der Waals surface area contributed by atoms with Crippen molar-refractivity contribution in [2.45, 2.75) is 31.5 Å². The highest BCUT2D eigenvalue weighted by atomic mass is 19.4. The molecule has 0 aromatic heterocycles. The van der Waals surface area contributed by atoms with E-state index in [1.54, 1.807) is 0 Å². The molecule has 1 aromatic carbocycles. The monoisotopic (exact) mass is 301 g/mol. The van der Waals surface area contributed by atoms with Gasteiger partial charge in [-0.1, -0.05) is 30.3 Å². The van der Waals surface area contributed by atoms with Crippen molar-refractivity contribution in [3.8, 4) is 0 Å². The second-order valence-corrected chi connectivity index (χ2v) is 4.80. The van der Waals surface area contributed by atoms with Gasteiger partial charge in [0.05, 0.1) is 12.5 Å². The smallest absolute Gasteiger partial charge is 0.416 e. The van der Waals surface area contributed by atoms with Crippen LogP contribution in [-0.4, -0.2) is 35.7 Å². The third-order valence-corrected chi connectivity index (χ3v) is 3.17. The maximum atomic E-state index is 12.2. The molecule has 1 saturated heterocycles. The Morgan fingerprint density at radius 2 is 1.95 bits per heavy atom. The molecule has 1 aromatic rings. The van der Waals surface area contributed by atoms with Gasteiger partial charge in [-0.25, -0.2) is 9.69 Å². The number of nitrogens with zero attached hydrogens (tertiary/aromatic N) is 1. The Balaban J connectivity index is 2.01. The summed E-state index contributed by atoms with van der Waals surface area (Å²) in [5.74, 6) is -0.851. The van der Waals surface area contributed by atoms with Gasteiger partial charge in [-0.05, 0) is 12.0 Å².